The Hall–Kier alpha value is -0.770. The highest BCUT2D eigenvalue weighted by molar-refractivity contribution is 7.90. The van der Waals surface area contributed by atoms with Crippen molar-refractivity contribution in [2.45, 2.75) is 13.8 Å². The highest BCUT2D eigenvalue weighted by Gasteiger charge is 2.11. The molecule has 0 fully saturated rings. The zero-order chi connectivity index (χ0) is 8.36. The Morgan fingerprint density at radius 2 is 1.70 bits per heavy atom. The second-order valence-electron chi connectivity index (χ2n) is 1.94. The van der Waals surface area contributed by atoms with Crippen molar-refractivity contribution in [3.05, 3.63) is 23.8 Å². The van der Waals surface area contributed by atoms with Crippen LogP contribution in [0.5, 0.6) is 0 Å². The SMILES string of the molecule is C=C(C)OS(=O)(=O)C(=C)C. The molecule has 0 amide bonds. The number of rotatable bonds is 3. The van der Waals surface area contributed by atoms with E-state index in [0.717, 1.165) is 0 Å². The van der Waals surface area contributed by atoms with Crippen LogP contribution >= 0.6 is 0 Å². The third-order valence-electron chi connectivity index (χ3n) is 0.679. The van der Waals surface area contributed by atoms with E-state index in [9.17, 15) is 8.42 Å². The molecule has 0 aliphatic rings. The Morgan fingerprint density at radius 1 is 1.30 bits per heavy atom. The molecule has 0 radical (unpaired) electrons. The van der Waals surface area contributed by atoms with Gasteiger partial charge in [0.25, 0.3) is 0 Å². The molecule has 0 aromatic heterocycles. The average molecular weight is 162 g/mol. The monoisotopic (exact) mass is 162 g/mol. The lowest BCUT2D eigenvalue weighted by Gasteiger charge is -2.03. The molecule has 0 aromatic carbocycles. The molecule has 0 unspecified atom stereocenters. The summed E-state index contributed by atoms with van der Waals surface area (Å²) in [6.45, 7) is 9.32. The average Bonchev–Trinajstić information content (AvgIpc) is 1.60. The normalized spacial score (nSPS) is 10.6. The van der Waals surface area contributed by atoms with Crippen LogP contribution in [0, 0.1) is 0 Å². The van der Waals surface area contributed by atoms with Crippen LogP contribution in [0.4, 0.5) is 0 Å². The molecule has 0 aliphatic carbocycles. The van der Waals surface area contributed by atoms with Crippen molar-refractivity contribution in [2.24, 2.45) is 0 Å². The van der Waals surface area contributed by atoms with Gasteiger partial charge in [-0.2, -0.15) is 8.42 Å². The minimum Gasteiger partial charge on any atom is -0.385 e. The van der Waals surface area contributed by atoms with Crippen LogP contribution in [-0.4, -0.2) is 8.42 Å². The molecule has 0 aromatic rings. The second-order valence-corrected chi connectivity index (χ2v) is 3.71. The molecule has 0 saturated carbocycles. The van der Waals surface area contributed by atoms with Gasteiger partial charge in [-0.1, -0.05) is 13.2 Å². The van der Waals surface area contributed by atoms with E-state index in [1.54, 1.807) is 0 Å². The molecule has 0 saturated heterocycles. The van der Waals surface area contributed by atoms with Crippen molar-refractivity contribution in [2.75, 3.05) is 0 Å². The second kappa shape index (κ2) is 2.88. The summed E-state index contributed by atoms with van der Waals surface area (Å²) in [4.78, 5) is -0.0181. The lowest BCUT2D eigenvalue weighted by molar-refractivity contribution is 0.416. The van der Waals surface area contributed by atoms with Crippen molar-refractivity contribution in [1.82, 2.24) is 0 Å². The van der Waals surface area contributed by atoms with Gasteiger partial charge in [-0.15, -0.1) is 0 Å². The molecule has 0 aliphatic heterocycles. The molecule has 10 heavy (non-hydrogen) atoms. The van der Waals surface area contributed by atoms with Crippen LogP contribution < -0.4 is 0 Å². The summed E-state index contributed by atoms with van der Waals surface area (Å²) >= 11 is 0. The van der Waals surface area contributed by atoms with Gasteiger partial charge in [0.2, 0.25) is 0 Å². The maximum absolute atomic E-state index is 10.8. The topological polar surface area (TPSA) is 43.4 Å². The first-order valence-electron chi connectivity index (χ1n) is 2.62. The molecular weight excluding hydrogens is 152 g/mol. The molecule has 3 nitrogen and oxygen atoms in total. The smallest absolute Gasteiger partial charge is 0.334 e. The first kappa shape index (κ1) is 9.23. The summed E-state index contributed by atoms with van der Waals surface area (Å²) in [6.07, 6.45) is 0. The molecule has 0 N–H and O–H groups in total. The highest BCUT2D eigenvalue weighted by Crippen LogP contribution is 2.08. The van der Waals surface area contributed by atoms with Gasteiger partial charge in [0.05, 0.1) is 4.91 Å². The van der Waals surface area contributed by atoms with Gasteiger partial charge in [-0.3, -0.25) is 0 Å². The van der Waals surface area contributed by atoms with E-state index in [-0.39, 0.29) is 10.7 Å². The van der Waals surface area contributed by atoms with Crippen LogP contribution in [0.25, 0.3) is 0 Å². The summed E-state index contributed by atoms with van der Waals surface area (Å²) < 4.78 is 25.9. The first-order chi connectivity index (χ1) is 4.36. The number of hydrogen-bond acceptors (Lipinski definition) is 3. The maximum Gasteiger partial charge on any atom is 0.334 e. The van der Waals surface area contributed by atoms with Crippen LogP contribution in [-0.2, 0) is 14.3 Å². The van der Waals surface area contributed by atoms with Crippen molar-refractivity contribution in [3.8, 4) is 0 Å². The van der Waals surface area contributed by atoms with Crippen molar-refractivity contribution in [1.29, 1.82) is 0 Å². The van der Waals surface area contributed by atoms with E-state index in [1.165, 1.54) is 13.8 Å². The lowest BCUT2D eigenvalue weighted by Crippen LogP contribution is -2.03. The summed E-state index contributed by atoms with van der Waals surface area (Å²) in [7, 11) is -3.59. The standard InChI is InChI=1S/C6H10O3S/c1-5(2)9-10(7,8)6(3)4/h1,3H2,2,4H3. The first-order valence-corrected chi connectivity index (χ1v) is 4.02. The Kier molecular flexibility index (Phi) is 2.65. The van der Waals surface area contributed by atoms with Gasteiger partial charge in [-0.05, 0) is 13.8 Å². The van der Waals surface area contributed by atoms with Gasteiger partial charge in [0, 0.05) is 0 Å². The zero-order valence-corrected chi connectivity index (χ0v) is 6.86. The Balaban J connectivity index is 4.46. The van der Waals surface area contributed by atoms with E-state index in [1.807, 2.05) is 0 Å². The molecule has 0 rings (SSSR count). The fourth-order valence-electron chi connectivity index (χ4n) is 0.258. The Morgan fingerprint density at radius 3 is 1.80 bits per heavy atom. The van der Waals surface area contributed by atoms with E-state index >= 15 is 0 Å². The molecular formula is C6H10O3S. The molecule has 0 atom stereocenters. The lowest BCUT2D eigenvalue weighted by atomic mass is 10.7. The van der Waals surface area contributed by atoms with E-state index in [4.69, 9.17) is 0 Å². The molecule has 0 heterocycles. The fourth-order valence-corrected chi connectivity index (χ4v) is 0.775. The van der Waals surface area contributed by atoms with Crippen LogP contribution in [0.15, 0.2) is 23.8 Å². The molecule has 0 bridgehead atoms. The van der Waals surface area contributed by atoms with Crippen molar-refractivity contribution >= 4 is 10.1 Å². The fraction of sp³-hybridized carbons (Fsp3) is 0.333. The summed E-state index contributed by atoms with van der Waals surface area (Å²) in [6, 6.07) is 0. The zero-order valence-electron chi connectivity index (χ0n) is 6.05. The minimum absolute atomic E-state index is 0.0181. The van der Waals surface area contributed by atoms with E-state index in [2.05, 4.69) is 17.3 Å². The quantitative estimate of drug-likeness (QED) is 0.465. The Labute approximate surface area is 61.1 Å². The van der Waals surface area contributed by atoms with Crippen molar-refractivity contribution < 1.29 is 12.6 Å². The van der Waals surface area contributed by atoms with Gasteiger partial charge >= 0.3 is 10.1 Å². The molecule has 4 heteroatoms. The summed E-state index contributed by atoms with van der Waals surface area (Å²) in [5, 5.41) is 0. The maximum atomic E-state index is 10.8. The van der Waals surface area contributed by atoms with Gasteiger partial charge < -0.3 is 4.18 Å². The van der Waals surface area contributed by atoms with Gasteiger partial charge in [0.15, 0.2) is 0 Å². The summed E-state index contributed by atoms with van der Waals surface area (Å²) in [5.41, 5.74) is 0. The van der Waals surface area contributed by atoms with Crippen LogP contribution in [0.3, 0.4) is 0 Å². The molecule has 0 spiro atoms. The number of allylic oxidation sites excluding steroid dienone is 2. The third kappa shape index (κ3) is 2.68. The summed E-state index contributed by atoms with van der Waals surface area (Å²) in [5.74, 6) is 0.142. The van der Waals surface area contributed by atoms with E-state index < -0.39 is 10.1 Å². The van der Waals surface area contributed by atoms with Crippen molar-refractivity contribution in [3.63, 3.8) is 0 Å². The highest BCUT2D eigenvalue weighted by atomic mass is 32.2. The third-order valence-corrected chi connectivity index (χ3v) is 2.04. The largest absolute Gasteiger partial charge is 0.385 e. The molecule has 58 valence electrons. The number of hydrogen-bond donors (Lipinski definition) is 0. The van der Waals surface area contributed by atoms with E-state index in [0.29, 0.717) is 0 Å². The Bertz CT molecular complexity index is 248. The van der Waals surface area contributed by atoms with Gasteiger partial charge in [-0.25, -0.2) is 0 Å². The predicted octanol–water partition coefficient (Wildman–Crippen LogP) is 1.40. The predicted molar refractivity (Wildman–Crippen MR) is 39.6 cm³/mol. The van der Waals surface area contributed by atoms with Crippen LogP contribution in [0.1, 0.15) is 13.8 Å². The van der Waals surface area contributed by atoms with Crippen LogP contribution in [0.2, 0.25) is 0 Å². The minimum atomic E-state index is -3.59. The van der Waals surface area contributed by atoms with Gasteiger partial charge in [0.1, 0.15) is 5.76 Å².